The van der Waals surface area contributed by atoms with Crippen LogP contribution in [0.4, 0.5) is 32.0 Å². The van der Waals surface area contributed by atoms with Crippen molar-refractivity contribution in [3.8, 4) is 0 Å². The summed E-state index contributed by atoms with van der Waals surface area (Å²) in [6, 6.07) is -0.0913. The predicted octanol–water partition coefficient (Wildman–Crippen LogP) is 3.09. The van der Waals surface area contributed by atoms with E-state index in [2.05, 4.69) is 0 Å². The van der Waals surface area contributed by atoms with Gasteiger partial charge in [0.05, 0.1) is 10.5 Å². The van der Waals surface area contributed by atoms with Crippen LogP contribution in [0.2, 0.25) is 0 Å². The van der Waals surface area contributed by atoms with Gasteiger partial charge in [-0.15, -0.1) is 0 Å². The number of nitro benzene ring substituents is 1. The molecular weight excluding hydrogens is 282 g/mol. The van der Waals surface area contributed by atoms with Crippen LogP contribution >= 0.6 is 0 Å². The van der Waals surface area contributed by atoms with E-state index in [9.17, 15) is 36.5 Å². The third kappa shape index (κ3) is 3.13. The topological polar surface area (TPSA) is 69.2 Å². The van der Waals surface area contributed by atoms with Gasteiger partial charge in [0, 0.05) is 12.6 Å². The molecule has 0 heterocycles. The number of halogens is 6. The highest BCUT2D eigenvalue weighted by Gasteiger charge is 2.42. The van der Waals surface area contributed by atoms with E-state index < -0.39 is 46.2 Å². The number of nitro groups is 1. The lowest BCUT2D eigenvalue weighted by Crippen LogP contribution is -2.17. The number of benzene rings is 1. The van der Waals surface area contributed by atoms with Crippen molar-refractivity contribution in [2.24, 2.45) is 5.73 Å². The Balaban J connectivity index is 3.66. The molecule has 0 saturated carbocycles. The van der Waals surface area contributed by atoms with Crippen molar-refractivity contribution < 1.29 is 31.3 Å². The van der Waals surface area contributed by atoms with Crippen LogP contribution in [0.5, 0.6) is 0 Å². The Bertz CT molecular complexity index is 509. The molecule has 0 aliphatic heterocycles. The molecule has 0 radical (unpaired) electrons. The van der Waals surface area contributed by atoms with Crippen molar-refractivity contribution in [3.05, 3.63) is 38.9 Å². The fourth-order valence-corrected chi connectivity index (χ4v) is 1.44. The lowest BCUT2D eigenvalue weighted by molar-refractivity contribution is -0.388. The van der Waals surface area contributed by atoms with E-state index in [-0.39, 0.29) is 12.1 Å². The van der Waals surface area contributed by atoms with Crippen LogP contribution < -0.4 is 5.73 Å². The number of rotatable bonds is 2. The first-order chi connectivity index (χ1) is 8.48. The maximum Gasteiger partial charge on any atom is 0.423 e. The van der Waals surface area contributed by atoms with Crippen LogP contribution in [0.25, 0.3) is 0 Å². The lowest BCUT2D eigenvalue weighted by atomic mass is 10.0. The zero-order valence-electron chi connectivity index (χ0n) is 8.97. The first-order valence-corrected chi connectivity index (χ1v) is 4.64. The SMILES string of the molecule is NCc1cc(C(F)(F)F)c([N+](=O)[O-])cc1C(F)(F)F. The molecule has 10 heteroatoms. The van der Waals surface area contributed by atoms with Gasteiger partial charge < -0.3 is 5.73 Å². The second-order valence-electron chi connectivity index (χ2n) is 3.48. The van der Waals surface area contributed by atoms with Gasteiger partial charge in [0.25, 0.3) is 5.69 Å². The Morgan fingerprint density at radius 2 is 1.53 bits per heavy atom. The molecule has 1 aromatic carbocycles. The monoisotopic (exact) mass is 288 g/mol. The second-order valence-corrected chi connectivity index (χ2v) is 3.48. The molecule has 19 heavy (non-hydrogen) atoms. The summed E-state index contributed by atoms with van der Waals surface area (Å²) >= 11 is 0. The van der Waals surface area contributed by atoms with E-state index in [1.165, 1.54) is 0 Å². The highest BCUT2D eigenvalue weighted by atomic mass is 19.4. The number of nitrogens with zero attached hydrogens (tertiary/aromatic N) is 1. The Hall–Kier alpha value is -1.84. The average molecular weight is 288 g/mol. The molecule has 1 aromatic rings. The third-order valence-electron chi connectivity index (χ3n) is 2.25. The molecule has 0 saturated heterocycles. The van der Waals surface area contributed by atoms with E-state index >= 15 is 0 Å². The van der Waals surface area contributed by atoms with Crippen molar-refractivity contribution in [3.63, 3.8) is 0 Å². The Morgan fingerprint density at radius 1 is 1.05 bits per heavy atom. The lowest BCUT2D eigenvalue weighted by Gasteiger charge is -2.15. The number of nitrogens with two attached hydrogens (primary N) is 1. The summed E-state index contributed by atoms with van der Waals surface area (Å²) in [7, 11) is 0. The average Bonchev–Trinajstić information content (AvgIpc) is 2.24. The Labute approximate surface area is 102 Å². The maximum absolute atomic E-state index is 12.5. The first kappa shape index (κ1) is 15.2. The summed E-state index contributed by atoms with van der Waals surface area (Å²) in [5.74, 6) is 0. The summed E-state index contributed by atoms with van der Waals surface area (Å²) in [5.41, 5.74) is -0.868. The fourth-order valence-electron chi connectivity index (χ4n) is 1.44. The van der Waals surface area contributed by atoms with Gasteiger partial charge in [-0.25, -0.2) is 0 Å². The molecule has 1 rings (SSSR count). The van der Waals surface area contributed by atoms with Crippen molar-refractivity contribution >= 4 is 5.69 Å². The van der Waals surface area contributed by atoms with Gasteiger partial charge in [-0.3, -0.25) is 10.1 Å². The summed E-state index contributed by atoms with van der Waals surface area (Å²) in [4.78, 5) is 8.94. The van der Waals surface area contributed by atoms with Crippen LogP contribution in [-0.2, 0) is 18.9 Å². The molecule has 0 aromatic heterocycles. The van der Waals surface area contributed by atoms with Gasteiger partial charge in [0.2, 0.25) is 0 Å². The quantitative estimate of drug-likeness (QED) is 0.516. The van der Waals surface area contributed by atoms with Gasteiger partial charge in [0.1, 0.15) is 5.56 Å². The molecule has 0 fully saturated rings. The number of hydrogen-bond donors (Lipinski definition) is 1. The van der Waals surface area contributed by atoms with Crippen molar-refractivity contribution in [1.82, 2.24) is 0 Å². The minimum absolute atomic E-state index is 0.0565. The van der Waals surface area contributed by atoms with E-state index in [1.54, 1.807) is 0 Å². The van der Waals surface area contributed by atoms with Gasteiger partial charge in [-0.1, -0.05) is 0 Å². The fraction of sp³-hybridized carbons (Fsp3) is 0.333. The summed E-state index contributed by atoms with van der Waals surface area (Å²) in [5, 5.41) is 10.5. The molecule has 0 spiro atoms. The zero-order chi connectivity index (χ0) is 15.0. The van der Waals surface area contributed by atoms with Gasteiger partial charge in [-0.2, -0.15) is 26.3 Å². The van der Waals surface area contributed by atoms with Gasteiger partial charge >= 0.3 is 12.4 Å². The molecule has 2 N–H and O–H groups in total. The van der Waals surface area contributed by atoms with E-state index in [1.807, 2.05) is 0 Å². The number of hydrogen-bond acceptors (Lipinski definition) is 3. The van der Waals surface area contributed by atoms with E-state index in [4.69, 9.17) is 5.73 Å². The van der Waals surface area contributed by atoms with Crippen molar-refractivity contribution in [1.29, 1.82) is 0 Å². The molecule has 4 nitrogen and oxygen atoms in total. The summed E-state index contributed by atoms with van der Waals surface area (Å²) < 4.78 is 75.2. The molecule has 0 aliphatic rings. The molecule has 106 valence electrons. The van der Waals surface area contributed by atoms with Gasteiger partial charge in [-0.05, 0) is 11.6 Å². The minimum atomic E-state index is -5.14. The molecule has 0 amide bonds. The van der Waals surface area contributed by atoms with Crippen LogP contribution in [0, 0.1) is 10.1 Å². The van der Waals surface area contributed by atoms with Crippen LogP contribution in [0.15, 0.2) is 12.1 Å². The second kappa shape index (κ2) is 4.68. The standard InChI is InChI=1S/C9H6F6N2O2/c10-8(11,12)5-2-7(17(18)19)6(9(13,14)15)1-4(5)3-16/h1-2H,3,16H2. The normalized spacial score (nSPS) is 12.6. The van der Waals surface area contributed by atoms with Crippen LogP contribution in [0.1, 0.15) is 16.7 Å². The third-order valence-corrected chi connectivity index (χ3v) is 2.25. The van der Waals surface area contributed by atoms with E-state index in [0.717, 1.165) is 0 Å². The minimum Gasteiger partial charge on any atom is -0.326 e. The van der Waals surface area contributed by atoms with Gasteiger partial charge in [0.15, 0.2) is 0 Å². The molecule has 0 aliphatic carbocycles. The Morgan fingerprint density at radius 3 is 1.84 bits per heavy atom. The zero-order valence-corrected chi connectivity index (χ0v) is 8.97. The van der Waals surface area contributed by atoms with Crippen LogP contribution in [0.3, 0.4) is 0 Å². The maximum atomic E-state index is 12.5. The largest absolute Gasteiger partial charge is 0.423 e. The van der Waals surface area contributed by atoms with E-state index in [0.29, 0.717) is 0 Å². The van der Waals surface area contributed by atoms with Crippen molar-refractivity contribution in [2.45, 2.75) is 18.9 Å². The number of alkyl halides is 6. The predicted molar refractivity (Wildman–Crippen MR) is 51.0 cm³/mol. The summed E-state index contributed by atoms with van der Waals surface area (Å²) in [6.45, 7) is -0.823. The van der Waals surface area contributed by atoms with Crippen LogP contribution in [-0.4, -0.2) is 4.92 Å². The van der Waals surface area contributed by atoms with Crippen molar-refractivity contribution in [2.75, 3.05) is 0 Å². The first-order valence-electron chi connectivity index (χ1n) is 4.64. The molecular formula is C9H6F6N2O2. The molecule has 0 unspecified atom stereocenters. The Kier molecular flexibility index (Phi) is 3.75. The smallest absolute Gasteiger partial charge is 0.326 e. The highest BCUT2D eigenvalue weighted by molar-refractivity contribution is 5.50. The highest BCUT2D eigenvalue weighted by Crippen LogP contribution is 2.41. The molecule has 0 bridgehead atoms. The molecule has 0 atom stereocenters. The summed E-state index contributed by atoms with van der Waals surface area (Å²) in [6.07, 6.45) is -10.2.